The van der Waals surface area contributed by atoms with Crippen LogP contribution < -0.4 is 10.2 Å². The number of aromatic hydroxyl groups is 1. The molecule has 1 saturated heterocycles. The van der Waals surface area contributed by atoms with Crippen LogP contribution in [-0.4, -0.2) is 57.8 Å². The predicted molar refractivity (Wildman–Crippen MR) is 98.7 cm³/mol. The maximum atomic E-state index is 12.1. The molecule has 0 spiro atoms. The SMILES string of the molecule is Cn1c(C[NH+]2CCOCC2)nnc1SCC(=O)Nc1cc(Cl)ccc1O. The molecule has 0 saturated carbocycles. The van der Waals surface area contributed by atoms with Gasteiger partial charge in [-0.15, -0.1) is 10.2 Å². The van der Waals surface area contributed by atoms with Gasteiger partial charge in [-0.3, -0.25) is 4.79 Å². The molecular formula is C16H21ClN5O3S+. The molecule has 3 rings (SSSR count). The summed E-state index contributed by atoms with van der Waals surface area (Å²) in [6.45, 7) is 4.24. The van der Waals surface area contributed by atoms with E-state index in [4.69, 9.17) is 16.3 Å². The number of nitrogens with one attached hydrogen (secondary N) is 2. The number of aromatic nitrogens is 3. The number of nitrogens with zero attached hydrogens (tertiary/aromatic N) is 3. The first kappa shape index (κ1) is 19.0. The fourth-order valence-corrected chi connectivity index (χ4v) is 3.51. The number of phenols is 1. The number of morpholine rings is 1. The van der Waals surface area contributed by atoms with Gasteiger partial charge in [0.2, 0.25) is 5.91 Å². The molecule has 0 atom stereocenters. The van der Waals surface area contributed by atoms with Crippen molar-refractivity contribution < 1.29 is 19.5 Å². The smallest absolute Gasteiger partial charge is 0.234 e. The molecule has 10 heteroatoms. The minimum absolute atomic E-state index is 0.0258. The van der Waals surface area contributed by atoms with Gasteiger partial charge < -0.3 is 24.6 Å². The lowest BCUT2D eigenvalue weighted by Gasteiger charge is -2.23. The second kappa shape index (κ2) is 8.72. The summed E-state index contributed by atoms with van der Waals surface area (Å²) < 4.78 is 7.28. The molecule has 1 aromatic heterocycles. The van der Waals surface area contributed by atoms with Gasteiger partial charge in [-0.1, -0.05) is 23.4 Å². The second-order valence-corrected chi connectivity index (χ2v) is 7.37. The van der Waals surface area contributed by atoms with E-state index in [2.05, 4.69) is 15.5 Å². The first-order chi connectivity index (χ1) is 12.5. The van der Waals surface area contributed by atoms with Gasteiger partial charge in [0.05, 0.1) is 24.7 Å². The number of hydrogen-bond acceptors (Lipinski definition) is 6. The monoisotopic (exact) mass is 398 g/mol. The van der Waals surface area contributed by atoms with E-state index in [0.29, 0.717) is 10.2 Å². The predicted octanol–water partition coefficient (Wildman–Crippen LogP) is 0.320. The highest BCUT2D eigenvalue weighted by Crippen LogP contribution is 2.27. The van der Waals surface area contributed by atoms with Crippen molar-refractivity contribution >= 4 is 35.0 Å². The molecule has 0 radical (unpaired) electrons. The van der Waals surface area contributed by atoms with Crippen LogP contribution >= 0.6 is 23.4 Å². The van der Waals surface area contributed by atoms with E-state index in [1.807, 2.05) is 11.6 Å². The quantitative estimate of drug-likeness (QED) is 0.479. The van der Waals surface area contributed by atoms with Gasteiger partial charge >= 0.3 is 0 Å². The molecule has 1 amide bonds. The number of ether oxygens (including phenoxy) is 1. The second-order valence-electron chi connectivity index (χ2n) is 6.00. The van der Waals surface area contributed by atoms with Crippen LogP contribution in [0.5, 0.6) is 5.75 Å². The van der Waals surface area contributed by atoms with E-state index >= 15 is 0 Å². The van der Waals surface area contributed by atoms with Crippen molar-refractivity contribution in [1.82, 2.24) is 14.8 Å². The van der Waals surface area contributed by atoms with Gasteiger partial charge in [0.1, 0.15) is 25.4 Å². The van der Waals surface area contributed by atoms with Crippen LogP contribution in [0.3, 0.4) is 0 Å². The summed E-state index contributed by atoms with van der Waals surface area (Å²) in [7, 11) is 1.90. The number of carbonyl (C=O) groups excluding carboxylic acids is 1. The van der Waals surface area contributed by atoms with Crippen molar-refractivity contribution in [3.05, 3.63) is 29.0 Å². The molecule has 2 aromatic rings. The third-order valence-electron chi connectivity index (χ3n) is 4.10. The molecule has 0 bridgehead atoms. The molecule has 8 nitrogen and oxygen atoms in total. The third kappa shape index (κ3) is 4.88. The largest absolute Gasteiger partial charge is 0.506 e. The van der Waals surface area contributed by atoms with Crippen LogP contribution in [0.4, 0.5) is 5.69 Å². The van der Waals surface area contributed by atoms with Crippen molar-refractivity contribution in [2.24, 2.45) is 7.05 Å². The van der Waals surface area contributed by atoms with Crippen molar-refractivity contribution in [3.63, 3.8) is 0 Å². The van der Waals surface area contributed by atoms with Crippen LogP contribution in [0.1, 0.15) is 5.82 Å². The van der Waals surface area contributed by atoms with Gasteiger partial charge in [-0.05, 0) is 18.2 Å². The third-order valence-corrected chi connectivity index (χ3v) is 5.35. The Balaban J connectivity index is 1.54. The fourth-order valence-electron chi connectivity index (χ4n) is 2.61. The summed E-state index contributed by atoms with van der Waals surface area (Å²) >= 11 is 7.17. The summed E-state index contributed by atoms with van der Waals surface area (Å²) in [5.74, 6) is 0.762. The van der Waals surface area contributed by atoms with Gasteiger partial charge in [0.15, 0.2) is 11.0 Å². The number of rotatable bonds is 6. The Kier molecular flexibility index (Phi) is 6.36. The van der Waals surface area contributed by atoms with Crippen LogP contribution in [0.15, 0.2) is 23.4 Å². The highest BCUT2D eigenvalue weighted by Gasteiger charge is 2.19. The van der Waals surface area contributed by atoms with E-state index in [1.54, 1.807) is 6.07 Å². The normalized spacial score (nSPS) is 15.2. The fraction of sp³-hybridized carbons (Fsp3) is 0.438. The molecule has 1 aliphatic heterocycles. The minimum Gasteiger partial charge on any atom is -0.506 e. The molecule has 1 fully saturated rings. The van der Waals surface area contributed by atoms with Crippen LogP contribution in [0, 0.1) is 0 Å². The average molecular weight is 399 g/mol. The lowest BCUT2D eigenvalue weighted by atomic mass is 10.3. The van der Waals surface area contributed by atoms with Gasteiger partial charge in [0.25, 0.3) is 0 Å². The minimum atomic E-state index is -0.254. The molecule has 140 valence electrons. The maximum Gasteiger partial charge on any atom is 0.234 e. The number of anilines is 1. The number of carbonyl (C=O) groups is 1. The number of amides is 1. The lowest BCUT2D eigenvalue weighted by Crippen LogP contribution is -3.12. The topological polar surface area (TPSA) is 93.7 Å². The molecule has 1 aromatic carbocycles. The number of phenolic OH excluding ortho intramolecular Hbond substituents is 1. The summed E-state index contributed by atoms with van der Waals surface area (Å²) in [5.41, 5.74) is 0.290. The Bertz CT molecular complexity index is 779. The first-order valence-corrected chi connectivity index (χ1v) is 9.60. The molecule has 2 heterocycles. The van der Waals surface area contributed by atoms with Crippen molar-refractivity contribution in [2.45, 2.75) is 11.7 Å². The molecule has 0 unspecified atom stereocenters. The van der Waals surface area contributed by atoms with Crippen LogP contribution in [0.2, 0.25) is 5.02 Å². The summed E-state index contributed by atoms with van der Waals surface area (Å²) in [6.07, 6.45) is 0. The average Bonchev–Trinajstić information content (AvgIpc) is 2.97. The Hall–Kier alpha value is -1.81. The summed E-state index contributed by atoms with van der Waals surface area (Å²) in [6, 6.07) is 4.50. The van der Waals surface area contributed by atoms with E-state index in [-0.39, 0.29) is 23.1 Å². The van der Waals surface area contributed by atoms with E-state index < -0.39 is 0 Å². The van der Waals surface area contributed by atoms with Gasteiger partial charge in [0, 0.05) is 12.1 Å². The van der Waals surface area contributed by atoms with Crippen molar-refractivity contribution in [3.8, 4) is 5.75 Å². The van der Waals surface area contributed by atoms with Crippen molar-refractivity contribution in [1.29, 1.82) is 0 Å². The summed E-state index contributed by atoms with van der Waals surface area (Å²) in [4.78, 5) is 13.5. The lowest BCUT2D eigenvalue weighted by molar-refractivity contribution is -0.922. The summed E-state index contributed by atoms with van der Waals surface area (Å²) in [5, 5.41) is 21.9. The Labute approximate surface area is 160 Å². The van der Waals surface area contributed by atoms with E-state index in [9.17, 15) is 9.90 Å². The van der Waals surface area contributed by atoms with Gasteiger partial charge in [-0.2, -0.15) is 0 Å². The standard InChI is InChI=1S/C16H20ClN5O3S/c1-21-14(9-22-4-6-25-7-5-22)19-20-16(21)26-10-15(24)18-12-8-11(17)2-3-13(12)23/h2-3,8,23H,4-7,9-10H2,1H3,(H,18,24)/p+1. The van der Waals surface area contributed by atoms with Crippen LogP contribution in [0.25, 0.3) is 0 Å². The molecule has 26 heavy (non-hydrogen) atoms. The van der Waals surface area contributed by atoms with Crippen LogP contribution in [-0.2, 0) is 23.1 Å². The zero-order valence-corrected chi connectivity index (χ0v) is 15.9. The zero-order chi connectivity index (χ0) is 18.5. The van der Waals surface area contributed by atoms with Crippen molar-refractivity contribution in [2.75, 3.05) is 37.4 Å². The Morgan fingerprint density at radius 1 is 1.42 bits per heavy atom. The number of halogens is 1. The van der Waals surface area contributed by atoms with E-state index in [1.165, 1.54) is 28.8 Å². The molecular weight excluding hydrogens is 378 g/mol. The molecule has 1 aliphatic rings. The highest BCUT2D eigenvalue weighted by molar-refractivity contribution is 7.99. The number of benzene rings is 1. The highest BCUT2D eigenvalue weighted by atomic mass is 35.5. The van der Waals surface area contributed by atoms with Gasteiger partial charge in [-0.25, -0.2) is 0 Å². The zero-order valence-electron chi connectivity index (χ0n) is 14.4. The Morgan fingerprint density at radius 2 is 2.19 bits per heavy atom. The Morgan fingerprint density at radius 3 is 2.96 bits per heavy atom. The maximum absolute atomic E-state index is 12.1. The molecule has 3 N–H and O–H groups in total. The molecule has 0 aliphatic carbocycles. The number of hydrogen-bond donors (Lipinski definition) is 3. The number of thioether (sulfide) groups is 1. The first-order valence-electron chi connectivity index (χ1n) is 8.23. The van der Waals surface area contributed by atoms with E-state index in [0.717, 1.165) is 38.7 Å². The number of quaternary nitrogens is 1.